The van der Waals surface area contributed by atoms with E-state index in [-0.39, 0.29) is 0 Å². The average Bonchev–Trinajstić information content (AvgIpc) is 2.87. The Bertz CT molecular complexity index is 1170. The molecule has 0 unspecified atom stereocenters. The molecule has 4 aromatic rings. The molecule has 4 rings (SSSR count). The third-order valence-corrected chi connectivity index (χ3v) is 6.94. The summed E-state index contributed by atoms with van der Waals surface area (Å²) in [4.78, 5) is 11.3. The van der Waals surface area contributed by atoms with Gasteiger partial charge in [-0.05, 0) is 94.4 Å². The lowest BCUT2D eigenvalue weighted by molar-refractivity contribution is 0.317. The van der Waals surface area contributed by atoms with Crippen molar-refractivity contribution < 1.29 is 0 Å². The first-order chi connectivity index (χ1) is 17.6. The molecule has 0 bridgehead atoms. The summed E-state index contributed by atoms with van der Waals surface area (Å²) in [6, 6.07) is 15.8. The van der Waals surface area contributed by atoms with Gasteiger partial charge in [0.25, 0.3) is 0 Å². The van der Waals surface area contributed by atoms with Gasteiger partial charge in [-0.1, -0.05) is 36.0 Å². The van der Waals surface area contributed by atoms with Crippen molar-refractivity contribution in [3.8, 4) is 0 Å². The van der Waals surface area contributed by atoms with Crippen molar-refractivity contribution >= 4 is 56.4 Å². The molecule has 36 heavy (non-hydrogen) atoms. The monoisotopic (exact) mass is 523 g/mol. The zero-order chi connectivity index (χ0) is 25.2. The molecule has 2 heterocycles. The number of benzene rings is 2. The highest BCUT2D eigenvalue weighted by atomic mass is 35.5. The van der Waals surface area contributed by atoms with E-state index in [2.05, 4.69) is 32.5 Å². The molecule has 2 aromatic carbocycles. The standard InChI is InChI=1S/C29H35Cl2N5/c1-36(18-6-2-4-14-32-26-12-16-34-28-20-22(30)8-10-24(26)28)19-7-3-5-15-33-27-13-17-35-29-21-23(31)9-11-25(27)29/h8-13,16-17,20-21H,2-7,14-15,18-19H2,1H3,(H,32,34)(H,33,35). The molecule has 7 heteroatoms. The normalized spacial score (nSPS) is 11.4. The van der Waals surface area contributed by atoms with Gasteiger partial charge in [0, 0.05) is 57.7 Å². The molecule has 0 aliphatic heterocycles. The second kappa shape index (κ2) is 13.6. The number of pyridine rings is 2. The highest BCUT2D eigenvalue weighted by Gasteiger charge is 2.04. The summed E-state index contributed by atoms with van der Waals surface area (Å²) >= 11 is 12.2. The van der Waals surface area contributed by atoms with Crippen LogP contribution in [0.1, 0.15) is 38.5 Å². The van der Waals surface area contributed by atoms with E-state index in [1.807, 2.05) is 60.9 Å². The molecule has 0 spiro atoms. The number of rotatable bonds is 14. The summed E-state index contributed by atoms with van der Waals surface area (Å²) in [6.07, 6.45) is 10.9. The van der Waals surface area contributed by atoms with Gasteiger partial charge in [0.1, 0.15) is 0 Å². The number of aromatic nitrogens is 2. The lowest BCUT2D eigenvalue weighted by atomic mass is 10.1. The van der Waals surface area contributed by atoms with Crippen LogP contribution in [0.4, 0.5) is 11.4 Å². The van der Waals surface area contributed by atoms with E-state index in [4.69, 9.17) is 23.2 Å². The minimum absolute atomic E-state index is 0.720. The van der Waals surface area contributed by atoms with Gasteiger partial charge >= 0.3 is 0 Å². The maximum Gasteiger partial charge on any atom is 0.0737 e. The third kappa shape index (κ3) is 7.70. The summed E-state index contributed by atoms with van der Waals surface area (Å²) in [6.45, 7) is 4.25. The lowest BCUT2D eigenvalue weighted by Gasteiger charge is -2.16. The second-order valence-corrected chi connectivity index (χ2v) is 10.2. The van der Waals surface area contributed by atoms with E-state index < -0.39 is 0 Å². The van der Waals surface area contributed by atoms with Crippen LogP contribution in [-0.2, 0) is 0 Å². The van der Waals surface area contributed by atoms with E-state index >= 15 is 0 Å². The molecule has 0 atom stereocenters. The van der Waals surface area contributed by atoms with Crippen molar-refractivity contribution in [2.75, 3.05) is 43.9 Å². The Hall–Kier alpha value is -2.60. The summed E-state index contributed by atoms with van der Waals surface area (Å²) in [7, 11) is 2.24. The molecule has 0 fully saturated rings. The summed E-state index contributed by atoms with van der Waals surface area (Å²) in [5.74, 6) is 0. The van der Waals surface area contributed by atoms with Crippen LogP contribution >= 0.6 is 23.2 Å². The number of anilines is 2. The number of nitrogens with one attached hydrogen (secondary N) is 2. The highest BCUT2D eigenvalue weighted by molar-refractivity contribution is 6.31. The maximum absolute atomic E-state index is 6.08. The zero-order valence-corrected chi connectivity index (χ0v) is 22.5. The van der Waals surface area contributed by atoms with Crippen LogP contribution in [0.25, 0.3) is 21.8 Å². The van der Waals surface area contributed by atoms with Crippen molar-refractivity contribution in [1.82, 2.24) is 14.9 Å². The smallest absolute Gasteiger partial charge is 0.0737 e. The molecule has 0 saturated carbocycles. The SMILES string of the molecule is CN(CCCCCNc1ccnc2cc(Cl)ccc12)CCCCCNc1ccnc2cc(Cl)ccc12. The number of nitrogens with zero attached hydrogens (tertiary/aromatic N) is 3. The average molecular weight is 525 g/mol. The van der Waals surface area contributed by atoms with E-state index in [1.54, 1.807) is 0 Å². The molecule has 0 radical (unpaired) electrons. The van der Waals surface area contributed by atoms with Crippen LogP contribution < -0.4 is 10.6 Å². The summed E-state index contributed by atoms with van der Waals surface area (Å²) in [5.41, 5.74) is 4.12. The molecule has 2 N–H and O–H groups in total. The highest BCUT2D eigenvalue weighted by Crippen LogP contribution is 2.25. The van der Waals surface area contributed by atoms with Gasteiger partial charge in [-0.3, -0.25) is 9.97 Å². The first kappa shape index (κ1) is 26.5. The minimum Gasteiger partial charge on any atom is -0.384 e. The fraction of sp³-hybridized carbons (Fsp3) is 0.379. The van der Waals surface area contributed by atoms with Gasteiger partial charge in [-0.15, -0.1) is 0 Å². The quantitative estimate of drug-likeness (QED) is 0.164. The first-order valence-electron chi connectivity index (χ1n) is 12.8. The van der Waals surface area contributed by atoms with E-state index in [9.17, 15) is 0 Å². The van der Waals surface area contributed by atoms with E-state index in [1.165, 1.54) is 25.7 Å². The zero-order valence-electron chi connectivity index (χ0n) is 20.9. The predicted molar refractivity (Wildman–Crippen MR) is 156 cm³/mol. The Labute approximate surface area is 224 Å². The van der Waals surface area contributed by atoms with Crippen LogP contribution in [0, 0.1) is 0 Å². The Morgan fingerprint density at radius 2 is 1.11 bits per heavy atom. The van der Waals surface area contributed by atoms with Crippen LogP contribution in [-0.4, -0.2) is 48.1 Å². The largest absolute Gasteiger partial charge is 0.384 e. The molecule has 2 aromatic heterocycles. The summed E-state index contributed by atoms with van der Waals surface area (Å²) < 4.78 is 0. The van der Waals surface area contributed by atoms with Crippen LogP contribution in [0.2, 0.25) is 10.0 Å². The number of fused-ring (bicyclic) bond motifs is 2. The Morgan fingerprint density at radius 3 is 1.58 bits per heavy atom. The van der Waals surface area contributed by atoms with Crippen LogP contribution in [0.3, 0.4) is 0 Å². The Balaban J connectivity index is 1.04. The second-order valence-electron chi connectivity index (χ2n) is 9.32. The van der Waals surface area contributed by atoms with Crippen LogP contribution in [0.5, 0.6) is 0 Å². The van der Waals surface area contributed by atoms with Crippen molar-refractivity contribution in [2.45, 2.75) is 38.5 Å². The van der Waals surface area contributed by atoms with Gasteiger partial charge in [-0.2, -0.15) is 0 Å². The molecule has 5 nitrogen and oxygen atoms in total. The maximum atomic E-state index is 6.08. The van der Waals surface area contributed by atoms with Crippen LogP contribution in [0.15, 0.2) is 60.9 Å². The van der Waals surface area contributed by atoms with Crippen molar-refractivity contribution in [2.24, 2.45) is 0 Å². The van der Waals surface area contributed by atoms with Crippen molar-refractivity contribution in [1.29, 1.82) is 0 Å². The number of hydrogen-bond acceptors (Lipinski definition) is 5. The Kier molecular flexibility index (Phi) is 10.0. The van der Waals surface area contributed by atoms with Gasteiger partial charge in [0.15, 0.2) is 0 Å². The van der Waals surface area contributed by atoms with Crippen molar-refractivity contribution in [3.63, 3.8) is 0 Å². The first-order valence-corrected chi connectivity index (χ1v) is 13.6. The number of halogens is 2. The molecule has 190 valence electrons. The fourth-order valence-corrected chi connectivity index (χ4v) is 4.81. The van der Waals surface area contributed by atoms with Gasteiger partial charge < -0.3 is 15.5 Å². The lowest BCUT2D eigenvalue weighted by Crippen LogP contribution is -2.21. The predicted octanol–water partition coefficient (Wildman–Crippen LogP) is 7.89. The third-order valence-electron chi connectivity index (χ3n) is 6.47. The van der Waals surface area contributed by atoms with Gasteiger partial charge in [0.05, 0.1) is 11.0 Å². The van der Waals surface area contributed by atoms with Gasteiger partial charge in [0.2, 0.25) is 0 Å². The fourth-order valence-electron chi connectivity index (χ4n) is 4.48. The minimum atomic E-state index is 0.720. The van der Waals surface area contributed by atoms with Crippen molar-refractivity contribution in [3.05, 3.63) is 71.0 Å². The number of hydrogen-bond donors (Lipinski definition) is 2. The Morgan fingerprint density at radius 1 is 0.639 bits per heavy atom. The van der Waals surface area contributed by atoms with E-state index in [0.29, 0.717) is 0 Å². The molecule has 0 amide bonds. The van der Waals surface area contributed by atoms with E-state index in [0.717, 1.165) is 82.2 Å². The molecular formula is C29H35Cl2N5. The number of unbranched alkanes of at least 4 members (excludes halogenated alkanes) is 4. The summed E-state index contributed by atoms with van der Waals surface area (Å²) in [5, 5.41) is 10.8. The van der Waals surface area contributed by atoms with Gasteiger partial charge in [-0.25, -0.2) is 0 Å². The molecular weight excluding hydrogens is 489 g/mol. The topological polar surface area (TPSA) is 53.1 Å². The molecule has 0 aliphatic carbocycles. The molecule has 0 saturated heterocycles. The molecule has 0 aliphatic rings.